The van der Waals surface area contributed by atoms with Gasteiger partial charge in [0.15, 0.2) is 0 Å². The summed E-state index contributed by atoms with van der Waals surface area (Å²) < 4.78 is 49.1. The van der Waals surface area contributed by atoms with E-state index in [9.17, 15) is 22.8 Å². The van der Waals surface area contributed by atoms with Crippen molar-refractivity contribution in [1.29, 1.82) is 0 Å². The van der Waals surface area contributed by atoms with Crippen LogP contribution in [0.1, 0.15) is 12.5 Å². The van der Waals surface area contributed by atoms with Gasteiger partial charge in [0.25, 0.3) is 0 Å². The molecule has 208 valence electrons. The summed E-state index contributed by atoms with van der Waals surface area (Å²) in [6.45, 7) is 4.74. The Morgan fingerprint density at radius 1 is 1.21 bits per heavy atom. The Morgan fingerprint density at radius 3 is 2.55 bits per heavy atom. The molecule has 38 heavy (non-hydrogen) atoms. The summed E-state index contributed by atoms with van der Waals surface area (Å²) in [6, 6.07) is 5.52. The van der Waals surface area contributed by atoms with E-state index in [0.29, 0.717) is 37.0 Å². The molecule has 2 amide bonds. The molecule has 1 aliphatic heterocycles. The van der Waals surface area contributed by atoms with Crippen LogP contribution in [-0.2, 0) is 18.4 Å². The standard InChI is InChI=1S/C25H32F3N5O5/c1-3-32(7-8-34)23(35)15-31-11-19-20(12-31)21(19)13-33(24(36)37-22-14-30(2)16-29-22)10-17-5-4-6-18(9-17)38-25(26,27)28/h4-6,9,14,16,19-21,34H,3,7-8,10-13,15H2,1-2H3. The highest BCUT2D eigenvalue weighted by molar-refractivity contribution is 5.78. The number of aliphatic hydroxyl groups is 1. The summed E-state index contributed by atoms with van der Waals surface area (Å²) in [5, 5.41) is 9.14. The van der Waals surface area contributed by atoms with Crippen molar-refractivity contribution < 1.29 is 37.3 Å². The van der Waals surface area contributed by atoms with Crippen molar-refractivity contribution in [3.8, 4) is 11.6 Å². The van der Waals surface area contributed by atoms with Crippen molar-refractivity contribution in [2.24, 2.45) is 24.8 Å². The maximum Gasteiger partial charge on any atom is 0.573 e. The molecule has 0 bridgehead atoms. The van der Waals surface area contributed by atoms with E-state index in [1.807, 2.05) is 6.92 Å². The first-order valence-corrected chi connectivity index (χ1v) is 12.5. The zero-order chi connectivity index (χ0) is 27.4. The van der Waals surface area contributed by atoms with Gasteiger partial charge >= 0.3 is 12.5 Å². The molecule has 0 spiro atoms. The highest BCUT2D eigenvalue weighted by Gasteiger charge is 2.56. The van der Waals surface area contributed by atoms with Crippen LogP contribution in [0, 0.1) is 17.8 Å². The number of piperidine rings is 1. The zero-order valence-corrected chi connectivity index (χ0v) is 21.3. The van der Waals surface area contributed by atoms with Gasteiger partial charge < -0.3 is 28.9 Å². The summed E-state index contributed by atoms with van der Waals surface area (Å²) in [5.74, 6) is 0.536. The number of carbonyl (C=O) groups is 2. The highest BCUT2D eigenvalue weighted by Crippen LogP contribution is 2.52. The van der Waals surface area contributed by atoms with E-state index in [2.05, 4.69) is 14.6 Å². The number of hydrogen-bond donors (Lipinski definition) is 1. The second-order valence-electron chi connectivity index (χ2n) is 9.70. The Morgan fingerprint density at radius 2 is 1.95 bits per heavy atom. The lowest BCUT2D eigenvalue weighted by molar-refractivity contribution is -0.274. The normalized spacial score (nSPS) is 20.6. The fourth-order valence-electron chi connectivity index (χ4n) is 5.12. The minimum Gasteiger partial charge on any atom is -0.406 e. The van der Waals surface area contributed by atoms with Crippen LogP contribution in [-0.4, -0.2) is 93.6 Å². The van der Waals surface area contributed by atoms with Gasteiger partial charge in [-0.3, -0.25) is 9.69 Å². The van der Waals surface area contributed by atoms with Crippen molar-refractivity contribution in [2.45, 2.75) is 19.8 Å². The number of carbonyl (C=O) groups excluding carboxylic acids is 2. The van der Waals surface area contributed by atoms with Gasteiger partial charge in [-0.05, 0) is 42.4 Å². The third-order valence-corrected chi connectivity index (χ3v) is 6.98. The Bertz CT molecular complexity index is 1110. The predicted octanol–water partition coefficient (Wildman–Crippen LogP) is 2.34. The third-order valence-electron chi connectivity index (χ3n) is 6.98. The number of ether oxygens (including phenoxy) is 2. The van der Waals surface area contributed by atoms with Crippen LogP contribution >= 0.6 is 0 Å². The number of likely N-dealkylation sites (tertiary alicyclic amines) is 1. The van der Waals surface area contributed by atoms with Crippen LogP contribution < -0.4 is 9.47 Å². The lowest BCUT2D eigenvalue weighted by Crippen LogP contribution is -2.42. The molecule has 4 rings (SSSR count). The van der Waals surface area contributed by atoms with Gasteiger partial charge in [0.05, 0.1) is 25.7 Å². The number of likely N-dealkylation sites (N-methyl/N-ethyl adjacent to an activating group) is 1. The van der Waals surface area contributed by atoms with Crippen molar-refractivity contribution in [3.05, 3.63) is 42.4 Å². The molecule has 2 fully saturated rings. The maximum atomic E-state index is 13.1. The largest absolute Gasteiger partial charge is 0.573 e. The smallest absolute Gasteiger partial charge is 0.406 e. The number of nitrogens with zero attached hydrogens (tertiary/aromatic N) is 5. The van der Waals surface area contributed by atoms with Crippen LogP contribution in [0.25, 0.3) is 0 Å². The quantitative estimate of drug-likeness (QED) is 0.468. The molecule has 0 radical (unpaired) electrons. The number of aromatic nitrogens is 2. The summed E-state index contributed by atoms with van der Waals surface area (Å²) >= 11 is 0. The lowest BCUT2D eigenvalue weighted by Gasteiger charge is -2.26. The van der Waals surface area contributed by atoms with Crippen LogP contribution in [0.2, 0.25) is 0 Å². The molecule has 10 nitrogen and oxygen atoms in total. The topological polar surface area (TPSA) is 100 Å². The second kappa shape index (κ2) is 11.6. The number of amides is 2. The molecule has 1 saturated carbocycles. The molecule has 2 unspecified atom stereocenters. The fourth-order valence-corrected chi connectivity index (χ4v) is 5.12. The molecule has 13 heteroatoms. The second-order valence-corrected chi connectivity index (χ2v) is 9.70. The summed E-state index contributed by atoms with van der Waals surface area (Å²) in [6.07, 6.45) is -2.43. The van der Waals surface area contributed by atoms with Gasteiger partial charge in [-0.1, -0.05) is 12.1 Å². The number of hydrogen-bond acceptors (Lipinski definition) is 7. The first-order valence-electron chi connectivity index (χ1n) is 12.5. The lowest BCUT2D eigenvalue weighted by atomic mass is 10.2. The molecular weight excluding hydrogens is 507 g/mol. The van der Waals surface area contributed by atoms with E-state index in [1.165, 1.54) is 29.4 Å². The number of aliphatic hydroxyl groups excluding tert-OH is 1. The molecule has 2 aliphatic rings. The average Bonchev–Trinajstić information content (AvgIpc) is 3.13. The highest BCUT2D eigenvalue weighted by atomic mass is 19.4. The molecule has 2 aromatic rings. The van der Waals surface area contributed by atoms with Gasteiger partial charge in [0.1, 0.15) is 5.75 Å². The third kappa shape index (κ3) is 7.16. The van der Waals surface area contributed by atoms with Gasteiger partial charge in [-0.25, -0.2) is 9.78 Å². The average molecular weight is 540 g/mol. The molecule has 2 heterocycles. The number of aryl methyl sites for hydroxylation is 1. The van der Waals surface area contributed by atoms with Gasteiger partial charge in [-0.2, -0.15) is 0 Å². The van der Waals surface area contributed by atoms with Crippen LogP contribution in [0.4, 0.5) is 18.0 Å². The van der Waals surface area contributed by atoms with Gasteiger partial charge in [-0.15, -0.1) is 13.2 Å². The van der Waals surface area contributed by atoms with E-state index in [-0.39, 0.29) is 43.2 Å². The van der Waals surface area contributed by atoms with Crippen LogP contribution in [0.3, 0.4) is 0 Å². The molecular formula is C25H32F3N5O5. The van der Waals surface area contributed by atoms with Crippen LogP contribution in [0.5, 0.6) is 11.6 Å². The minimum atomic E-state index is -4.82. The molecule has 1 aromatic heterocycles. The molecule has 1 aromatic carbocycles. The predicted molar refractivity (Wildman–Crippen MR) is 129 cm³/mol. The summed E-state index contributed by atoms with van der Waals surface area (Å²) in [7, 11) is 1.74. The van der Waals surface area contributed by atoms with E-state index in [0.717, 1.165) is 13.1 Å². The first kappa shape index (κ1) is 27.7. The van der Waals surface area contributed by atoms with Crippen molar-refractivity contribution in [3.63, 3.8) is 0 Å². The zero-order valence-electron chi connectivity index (χ0n) is 21.3. The Balaban J connectivity index is 1.39. The first-order chi connectivity index (χ1) is 18.1. The number of alkyl halides is 3. The number of fused-ring (bicyclic) bond motifs is 1. The Labute approximate surface area is 218 Å². The fraction of sp³-hybridized carbons (Fsp3) is 0.560. The van der Waals surface area contributed by atoms with Crippen LogP contribution in [0.15, 0.2) is 36.8 Å². The van der Waals surface area contributed by atoms with E-state index >= 15 is 0 Å². The van der Waals surface area contributed by atoms with Gasteiger partial charge in [0, 0.05) is 46.3 Å². The maximum absolute atomic E-state index is 13.1. The summed E-state index contributed by atoms with van der Waals surface area (Å²) in [4.78, 5) is 34.8. The Kier molecular flexibility index (Phi) is 8.46. The molecule has 1 saturated heterocycles. The number of rotatable bonds is 11. The number of halogens is 3. The van der Waals surface area contributed by atoms with E-state index in [1.54, 1.807) is 28.8 Å². The van der Waals surface area contributed by atoms with Crippen molar-refractivity contribution in [2.75, 3.05) is 45.9 Å². The monoisotopic (exact) mass is 539 g/mol. The number of benzene rings is 1. The molecule has 1 aliphatic carbocycles. The van der Waals surface area contributed by atoms with Crippen molar-refractivity contribution in [1.82, 2.24) is 24.3 Å². The van der Waals surface area contributed by atoms with E-state index in [4.69, 9.17) is 9.84 Å². The molecule has 1 N–H and O–H groups in total. The minimum absolute atomic E-state index is 0.0269. The summed E-state index contributed by atoms with van der Waals surface area (Å²) in [5.41, 5.74) is 0.464. The molecule has 2 atom stereocenters. The number of imidazole rings is 1. The Hall–Kier alpha value is -3.32. The van der Waals surface area contributed by atoms with Gasteiger partial charge in [0.2, 0.25) is 11.8 Å². The van der Waals surface area contributed by atoms with E-state index < -0.39 is 12.5 Å². The van der Waals surface area contributed by atoms with Crippen molar-refractivity contribution >= 4 is 12.0 Å². The SMILES string of the molecule is CCN(CCO)C(=O)CN1CC2C(C1)C2CN(Cc1cccc(OC(F)(F)F)c1)C(=O)Oc1cn(C)cn1.